The van der Waals surface area contributed by atoms with Crippen LogP contribution in [0.25, 0.3) is 17.4 Å². The molecular formula is C14H12ClNO3. The number of hydrogen-bond acceptors (Lipinski definition) is 3. The van der Waals surface area contributed by atoms with E-state index in [9.17, 15) is 4.79 Å². The first-order valence-electron chi connectivity index (χ1n) is 5.58. The van der Waals surface area contributed by atoms with Crippen molar-refractivity contribution in [1.29, 1.82) is 0 Å². The number of amides is 1. The van der Waals surface area contributed by atoms with Gasteiger partial charge in [-0.2, -0.15) is 0 Å². The summed E-state index contributed by atoms with van der Waals surface area (Å²) in [6.07, 6.45) is 2.64. The fourth-order valence-corrected chi connectivity index (χ4v) is 1.81. The highest BCUT2D eigenvalue weighted by atomic mass is 35.5. The molecule has 0 aliphatic heterocycles. The molecule has 2 N–H and O–H groups in total. The zero-order valence-corrected chi connectivity index (χ0v) is 10.9. The molecule has 1 heterocycles. The summed E-state index contributed by atoms with van der Waals surface area (Å²) in [5.74, 6) is 0.568. The van der Waals surface area contributed by atoms with Crippen molar-refractivity contribution in [1.82, 2.24) is 5.48 Å². The van der Waals surface area contributed by atoms with E-state index in [0.717, 1.165) is 11.1 Å². The number of hydroxylamine groups is 1. The number of halogens is 1. The highest BCUT2D eigenvalue weighted by Crippen LogP contribution is 2.28. The van der Waals surface area contributed by atoms with Crippen molar-refractivity contribution >= 4 is 23.6 Å². The second-order valence-electron chi connectivity index (χ2n) is 3.97. The van der Waals surface area contributed by atoms with Crippen LogP contribution in [0.5, 0.6) is 0 Å². The number of aryl methyl sites for hydroxylation is 1. The molecule has 0 unspecified atom stereocenters. The van der Waals surface area contributed by atoms with E-state index in [2.05, 4.69) is 0 Å². The molecule has 1 aromatic heterocycles. The third-order valence-electron chi connectivity index (χ3n) is 2.60. The number of nitrogens with one attached hydrogen (secondary N) is 1. The maximum atomic E-state index is 10.9. The van der Waals surface area contributed by atoms with Crippen LogP contribution < -0.4 is 5.48 Å². The molecule has 1 aromatic carbocycles. The quantitative estimate of drug-likeness (QED) is 0.513. The fraction of sp³-hybridized carbons (Fsp3) is 0.0714. The number of carbonyl (C=O) groups is 1. The molecule has 0 radical (unpaired) electrons. The topological polar surface area (TPSA) is 62.5 Å². The summed E-state index contributed by atoms with van der Waals surface area (Å²) in [5, 5.41) is 9.00. The molecule has 0 aliphatic carbocycles. The smallest absolute Gasteiger partial charge is 0.267 e. The van der Waals surface area contributed by atoms with Gasteiger partial charge in [-0.25, -0.2) is 5.48 Å². The first kappa shape index (κ1) is 13.4. The van der Waals surface area contributed by atoms with Crippen molar-refractivity contribution < 1.29 is 14.4 Å². The van der Waals surface area contributed by atoms with Crippen molar-refractivity contribution in [3.05, 3.63) is 52.8 Å². The van der Waals surface area contributed by atoms with Crippen LogP contribution in [0.2, 0.25) is 5.02 Å². The Balaban J connectivity index is 2.28. The Kier molecular flexibility index (Phi) is 4.04. The first-order valence-corrected chi connectivity index (χ1v) is 5.96. The average Bonchev–Trinajstić information content (AvgIpc) is 2.87. The molecule has 0 saturated heterocycles. The van der Waals surface area contributed by atoms with E-state index in [1.165, 1.54) is 17.6 Å². The molecule has 0 aliphatic rings. The van der Waals surface area contributed by atoms with Crippen LogP contribution >= 0.6 is 11.6 Å². The number of hydrogen-bond donors (Lipinski definition) is 2. The van der Waals surface area contributed by atoms with E-state index in [0.29, 0.717) is 16.5 Å². The van der Waals surface area contributed by atoms with Gasteiger partial charge >= 0.3 is 0 Å². The van der Waals surface area contributed by atoms with Gasteiger partial charge in [0.1, 0.15) is 11.5 Å². The van der Waals surface area contributed by atoms with Crippen molar-refractivity contribution in [2.24, 2.45) is 0 Å². The van der Waals surface area contributed by atoms with Crippen LogP contribution in [0.15, 0.2) is 40.8 Å². The monoisotopic (exact) mass is 277 g/mol. The van der Waals surface area contributed by atoms with Crippen molar-refractivity contribution in [3.8, 4) is 11.3 Å². The summed E-state index contributed by atoms with van der Waals surface area (Å²) >= 11 is 5.96. The molecule has 0 bridgehead atoms. The van der Waals surface area contributed by atoms with Crippen LogP contribution in [0.4, 0.5) is 0 Å². The molecule has 5 heteroatoms. The second kappa shape index (κ2) is 5.73. The Morgan fingerprint density at radius 2 is 2.16 bits per heavy atom. The lowest BCUT2D eigenvalue weighted by Crippen LogP contribution is -2.14. The second-order valence-corrected chi connectivity index (χ2v) is 4.41. The summed E-state index contributed by atoms with van der Waals surface area (Å²) in [6.45, 7) is 1.96. The molecule has 2 aromatic rings. The van der Waals surface area contributed by atoms with Gasteiger partial charge in [-0.15, -0.1) is 0 Å². The van der Waals surface area contributed by atoms with E-state index in [1.807, 2.05) is 25.1 Å². The maximum absolute atomic E-state index is 10.9. The van der Waals surface area contributed by atoms with Crippen LogP contribution in [0.1, 0.15) is 11.3 Å². The van der Waals surface area contributed by atoms with Gasteiger partial charge in [-0.3, -0.25) is 10.0 Å². The van der Waals surface area contributed by atoms with Gasteiger partial charge in [0.2, 0.25) is 0 Å². The molecule has 0 spiro atoms. The third-order valence-corrected chi connectivity index (χ3v) is 2.84. The zero-order valence-electron chi connectivity index (χ0n) is 10.2. The highest BCUT2D eigenvalue weighted by Gasteiger charge is 2.07. The lowest BCUT2D eigenvalue weighted by molar-refractivity contribution is -0.124. The van der Waals surface area contributed by atoms with Gasteiger partial charge in [0.25, 0.3) is 5.91 Å². The summed E-state index contributed by atoms with van der Waals surface area (Å²) in [7, 11) is 0. The molecule has 98 valence electrons. The highest BCUT2D eigenvalue weighted by molar-refractivity contribution is 6.30. The van der Waals surface area contributed by atoms with E-state index >= 15 is 0 Å². The summed E-state index contributed by atoms with van der Waals surface area (Å²) in [4.78, 5) is 10.9. The van der Waals surface area contributed by atoms with Crippen LogP contribution in [-0.4, -0.2) is 11.1 Å². The van der Waals surface area contributed by atoms with Gasteiger partial charge in [0, 0.05) is 16.7 Å². The van der Waals surface area contributed by atoms with Crippen molar-refractivity contribution in [2.75, 3.05) is 0 Å². The Bertz CT molecular complexity index is 631. The van der Waals surface area contributed by atoms with E-state index in [-0.39, 0.29) is 0 Å². The van der Waals surface area contributed by atoms with Gasteiger partial charge in [0.05, 0.1) is 0 Å². The Hall–Kier alpha value is -2.04. The van der Waals surface area contributed by atoms with E-state index in [4.69, 9.17) is 21.2 Å². The number of rotatable bonds is 3. The van der Waals surface area contributed by atoms with Crippen LogP contribution in [0, 0.1) is 6.92 Å². The molecule has 1 amide bonds. The minimum Gasteiger partial charge on any atom is -0.457 e. The van der Waals surface area contributed by atoms with Gasteiger partial charge < -0.3 is 4.42 Å². The molecule has 2 rings (SSSR count). The van der Waals surface area contributed by atoms with E-state index < -0.39 is 5.91 Å². The first-order chi connectivity index (χ1) is 9.10. The SMILES string of the molecule is Cc1ccc(Cl)cc1-c1ccc(/C=C/C(=O)NO)o1. The molecular weight excluding hydrogens is 266 g/mol. The largest absolute Gasteiger partial charge is 0.457 e. The van der Waals surface area contributed by atoms with Crippen LogP contribution in [0.3, 0.4) is 0 Å². The zero-order chi connectivity index (χ0) is 13.8. The molecule has 4 nitrogen and oxygen atoms in total. The summed E-state index contributed by atoms with van der Waals surface area (Å²) < 4.78 is 5.59. The van der Waals surface area contributed by atoms with Gasteiger partial charge in [-0.05, 0) is 42.8 Å². The Labute approximate surface area is 115 Å². The summed E-state index contributed by atoms with van der Waals surface area (Å²) in [5.41, 5.74) is 3.45. The third kappa shape index (κ3) is 3.24. The Morgan fingerprint density at radius 3 is 2.89 bits per heavy atom. The van der Waals surface area contributed by atoms with E-state index in [1.54, 1.807) is 12.1 Å². The fourth-order valence-electron chi connectivity index (χ4n) is 1.64. The Morgan fingerprint density at radius 1 is 1.37 bits per heavy atom. The number of furan rings is 1. The average molecular weight is 278 g/mol. The molecule has 0 fully saturated rings. The minimum absolute atomic E-state index is 0.512. The summed E-state index contributed by atoms with van der Waals surface area (Å²) in [6, 6.07) is 9.08. The molecule has 0 saturated carbocycles. The van der Waals surface area contributed by atoms with Crippen molar-refractivity contribution in [3.63, 3.8) is 0 Å². The predicted octanol–water partition coefficient (Wildman–Crippen LogP) is 3.43. The lowest BCUT2D eigenvalue weighted by Gasteiger charge is -2.02. The number of carbonyl (C=O) groups excluding carboxylic acids is 1. The maximum Gasteiger partial charge on any atom is 0.267 e. The minimum atomic E-state index is -0.614. The molecule has 19 heavy (non-hydrogen) atoms. The molecule has 0 atom stereocenters. The van der Waals surface area contributed by atoms with Crippen molar-refractivity contribution in [2.45, 2.75) is 6.92 Å². The van der Waals surface area contributed by atoms with Crippen LogP contribution in [-0.2, 0) is 4.79 Å². The number of benzene rings is 1. The van der Waals surface area contributed by atoms with Gasteiger partial charge in [-0.1, -0.05) is 17.7 Å². The lowest BCUT2D eigenvalue weighted by atomic mass is 10.1. The van der Waals surface area contributed by atoms with Gasteiger partial charge in [0.15, 0.2) is 0 Å². The predicted molar refractivity (Wildman–Crippen MR) is 72.9 cm³/mol. The normalized spacial score (nSPS) is 10.9. The standard InChI is InChI=1S/C14H12ClNO3/c1-9-2-3-10(15)8-12(9)13-6-4-11(19-13)5-7-14(17)16-18/h2-8,18H,1H3,(H,16,17)/b7-5+.